The lowest BCUT2D eigenvalue weighted by Gasteiger charge is -2.14. The first kappa shape index (κ1) is 30.1. The number of nitrogen functional groups attached to an aromatic ring is 1. The Labute approximate surface area is 246 Å². The number of nitrogens with zero attached hydrogens (tertiary/aromatic N) is 3. The molecule has 12 heteroatoms. The Balaban J connectivity index is 0.00000405. The number of fused-ring (bicyclic) bond motifs is 1. The summed E-state index contributed by atoms with van der Waals surface area (Å²) in [4.78, 5) is 33.3. The summed E-state index contributed by atoms with van der Waals surface area (Å²) in [6.45, 7) is 0.559. The van der Waals surface area contributed by atoms with Gasteiger partial charge in [-0.2, -0.15) is 13.2 Å². The molecule has 4 N–H and O–H groups in total. The molecule has 5 rings (SSSR count). The fourth-order valence-corrected chi connectivity index (χ4v) is 4.60. The molecule has 0 bridgehead atoms. The highest BCUT2D eigenvalue weighted by Gasteiger charge is 2.30. The number of amides is 2. The molecule has 0 unspecified atom stereocenters. The van der Waals surface area contributed by atoms with Gasteiger partial charge in [-0.15, -0.1) is 12.4 Å². The summed E-state index contributed by atoms with van der Waals surface area (Å²) < 4.78 is 40.2. The Kier molecular flexibility index (Phi) is 8.87. The second-order valence-corrected chi connectivity index (χ2v) is 9.52. The minimum absolute atomic E-state index is 0. The molecular formula is C30H26ClF3N6O2. The fourth-order valence-electron chi connectivity index (χ4n) is 4.60. The van der Waals surface area contributed by atoms with Crippen LogP contribution in [0.2, 0.25) is 0 Å². The van der Waals surface area contributed by atoms with E-state index < -0.39 is 11.7 Å². The highest BCUT2D eigenvalue weighted by atomic mass is 35.5. The van der Waals surface area contributed by atoms with Gasteiger partial charge in [0.15, 0.2) is 0 Å². The van der Waals surface area contributed by atoms with Gasteiger partial charge in [-0.05, 0) is 48.4 Å². The zero-order valence-electron chi connectivity index (χ0n) is 22.4. The number of aromatic nitrogens is 3. The Morgan fingerprint density at radius 3 is 2.62 bits per heavy atom. The monoisotopic (exact) mass is 594 g/mol. The first-order valence-corrected chi connectivity index (χ1v) is 12.8. The zero-order valence-corrected chi connectivity index (χ0v) is 23.2. The molecule has 1 aliphatic heterocycles. The molecule has 0 fully saturated rings. The van der Waals surface area contributed by atoms with Gasteiger partial charge in [-0.3, -0.25) is 9.59 Å². The van der Waals surface area contributed by atoms with Crippen LogP contribution in [-0.2, 0) is 30.9 Å². The maximum atomic E-state index is 12.7. The van der Waals surface area contributed by atoms with Gasteiger partial charge < -0.3 is 20.9 Å². The number of carbonyl (C=O) groups excluding carboxylic acids is 2. The van der Waals surface area contributed by atoms with Crippen LogP contribution in [0.25, 0.3) is 11.4 Å². The average Bonchev–Trinajstić information content (AvgIpc) is 3.28. The number of carbonyl (C=O) groups is 2. The Morgan fingerprint density at radius 2 is 1.90 bits per heavy atom. The summed E-state index contributed by atoms with van der Waals surface area (Å²) in [5, 5.41) is 5.64. The highest BCUT2D eigenvalue weighted by molar-refractivity contribution is 5.98. The minimum Gasteiger partial charge on any atom is -0.368 e. The number of aryl methyl sites for hydroxylation is 1. The van der Waals surface area contributed by atoms with Crippen LogP contribution in [0.5, 0.6) is 0 Å². The predicted octanol–water partition coefficient (Wildman–Crippen LogP) is 4.76. The molecule has 0 spiro atoms. The quantitative estimate of drug-likeness (QED) is 0.288. The van der Waals surface area contributed by atoms with Crippen LogP contribution in [0.4, 0.5) is 24.8 Å². The van der Waals surface area contributed by atoms with Gasteiger partial charge in [0.05, 0.1) is 22.4 Å². The van der Waals surface area contributed by atoms with E-state index in [9.17, 15) is 22.8 Å². The van der Waals surface area contributed by atoms with E-state index >= 15 is 0 Å². The molecule has 0 saturated heterocycles. The van der Waals surface area contributed by atoms with Gasteiger partial charge in [0.1, 0.15) is 5.69 Å². The van der Waals surface area contributed by atoms with E-state index in [1.165, 1.54) is 18.3 Å². The summed E-state index contributed by atoms with van der Waals surface area (Å²) in [5.74, 6) is 5.81. The van der Waals surface area contributed by atoms with Gasteiger partial charge in [0, 0.05) is 49.6 Å². The van der Waals surface area contributed by atoms with Crippen molar-refractivity contribution in [3.05, 3.63) is 94.3 Å². The number of rotatable bonds is 5. The molecule has 2 aromatic carbocycles. The molecule has 3 heterocycles. The van der Waals surface area contributed by atoms with Crippen LogP contribution in [0.15, 0.2) is 60.8 Å². The molecule has 0 radical (unpaired) electrons. The summed E-state index contributed by atoms with van der Waals surface area (Å²) >= 11 is 0. The number of halogens is 4. The van der Waals surface area contributed by atoms with Crippen LogP contribution in [0.1, 0.15) is 44.7 Å². The van der Waals surface area contributed by atoms with E-state index in [2.05, 4.69) is 32.4 Å². The van der Waals surface area contributed by atoms with Crippen molar-refractivity contribution in [1.82, 2.24) is 19.9 Å². The van der Waals surface area contributed by atoms with Crippen molar-refractivity contribution in [1.29, 1.82) is 0 Å². The number of alkyl halides is 3. The van der Waals surface area contributed by atoms with Crippen LogP contribution in [0, 0.1) is 11.8 Å². The van der Waals surface area contributed by atoms with Crippen molar-refractivity contribution >= 4 is 35.9 Å². The van der Waals surface area contributed by atoms with Crippen molar-refractivity contribution in [3.8, 4) is 23.2 Å². The van der Waals surface area contributed by atoms with E-state index in [0.29, 0.717) is 58.7 Å². The molecule has 2 amide bonds. The summed E-state index contributed by atoms with van der Waals surface area (Å²) in [6.07, 6.45) is -1.77. The maximum Gasteiger partial charge on any atom is 0.416 e. The third-order valence-electron chi connectivity index (χ3n) is 6.71. The topological polar surface area (TPSA) is 115 Å². The third-order valence-corrected chi connectivity index (χ3v) is 6.71. The van der Waals surface area contributed by atoms with Gasteiger partial charge >= 0.3 is 6.18 Å². The normalized spacial score (nSPS) is 12.3. The van der Waals surface area contributed by atoms with E-state index in [1.807, 2.05) is 11.6 Å². The lowest BCUT2D eigenvalue weighted by Crippen LogP contribution is -2.31. The molecule has 4 aromatic rings. The Morgan fingerprint density at radius 1 is 1.14 bits per heavy atom. The molecular weight excluding hydrogens is 569 g/mol. The number of benzene rings is 2. The minimum atomic E-state index is -4.40. The van der Waals surface area contributed by atoms with Crippen molar-refractivity contribution in [2.45, 2.75) is 25.4 Å². The highest BCUT2D eigenvalue weighted by Crippen LogP contribution is 2.30. The van der Waals surface area contributed by atoms with E-state index in [1.54, 1.807) is 30.3 Å². The molecule has 42 heavy (non-hydrogen) atoms. The van der Waals surface area contributed by atoms with Gasteiger partial charge in [-0.1, -0.05) is 30.0 Å². The SMILES string of the molecule is Cl.Cn1c(-c2nc(N)ncc2C#Cc2cccc(NC(=O)CCc3ccc(C(F)(F)F)cc3)c2)cc2c1CCNC2=O. The van der Waals surface area contributed by atoms with Gasteiger partial charge in [0.25, 0.3) is 5.91 Å². The predicted molar refractivity (Wildman–Crippen MR) is 155 cm³/mol. The third kappa shape index (κ3) is 6.72. The summed E-state index contributed by atoms with van der Waals surface area (Å²) in [5.41, 5.74) is 10.1. The average molecular weight is 595 g/mol. The van der Waals surface area contributed by atoms with Crippen molar-refractivity contribution in [3.63, 3.8) is 0 Å². The molecule has 2 aromatic heterocycles. The van der Waals surface area contributed by atoms with Gasteiger partial charge in [-0.25, -0.2) is 9.97 Å². The zero-order chi connectivity index (χ0) is 29.1. The molecule has 1 aliphatic rings. The smallest absolute Gasteiger partial charge is 0.368 e. The number of nitrogens with two attached hydrogens (primary N) is 1. The number of hydrogen-bond acceptors (Lipinski definition) is 5. The number of hydrogen-bond donors (Lipinski definition) is 3. The Bertz CT molecular complexity index is 1700. The van der Waals surface area contributed by atoms with Crippen LogP contribution >= 0.6 is 12.4 Å². The van der Waals surface area contributed by atoms with Crippen molar-refractivity contribution < 1.29 is 22.8 Å². The molecule has 216 valence electrons. The fraction of sp³-hybridized carbons (Fsp3) is 0.200. The van der Waals surface area contributed by atoms with Crippen LogP contribution < -0.4 is 16.4 Å². The Hall–Kier alpha value is -4.82. The van der Waals surface area contributed by atoms with Crippen molar-refractivity contribution in [2.75, 3.05) is 17.6 Å². The lowest BCUT2D eigenvalue weighted by atomic mass is 10.1. The molecule has 0 atom stereocenters. The number of anilines is 2. The van der Waals surface area contributed by atoms with E-state index in [-0.39, 0.29) is 36.6 Å². The van der Waals surface area contributed by atoms with Crippen LogP contribution in [0.3, 0.4) is 0 Å². The number of nitrogens with one attached hydrogen (secondary N) is 2. The standard InChI is InChI=1S/C30H25F3N6O2.ClH/c1-39-24-13-14-35-28(41)23(24)16-25(39)27-20(17-36-29(34)38-27)9-5-19-3-2-4-22(15-19)37-26(40)12-8-18-6-10-21(11-7-18)30(31,32)33;/h2-4,6-7,10-11,15-17H,8,12-14H2,1H3,(H,35,41)(H,37,40)(H2,34,36,38);1H. The molecule has 0 saturated carbocycles. The summed E-state index contributed by atoms with van der Waals surface area (Å²) in [6, 6.07) is 13.5. The lowest BCUT2D eigenvalue weighted by molar-refractivity contribution is -0.137. The van der Waals surface area contributed by atoms with Crippen molar-refractivity contribution in [2.24, 2.45) is 7.05 Å². The largest absolute Gasteiger partial charge is 0.416 e. The first-order chi connectivity index (χ1) is 19.6. The summed E-state index contributed by atoms with van der Waals surface area (Å²) in [7, 11) is 1.87. The van der Waals surface area contributed by atoms with E-state index in [0.717, 1.165) is 17.8 Å². The first-order valence-electron chi connectivity index (χ1n) is 12.8. The van der Waals surface area contributed by atoms with Crippen LogP contribution in [-0.4, -0.2) is 32.9 Å². The van der Waals surface area contributed by atoms with Gasteiger partial charge in [0.2, 0.25) is 11.9 Å². The second-order valence-electron chi connectivity index (χ2n) is 9.52. The van der Waals surface area contributed by atoms with E-state index in [4.69, 9.17) is 5.73 Å². The second kappa shape index (κ2) is 12.4. The molecule has 8 nitrogen and oxygen atoms in total. The maximum absolute atomic E-state index is 12.7. The molecule has 0 aliphatic carbocycles.